The molecule has 76 valence electrons. The number of rotatable bonds is 4. The SMILES string of the molecule is CCC(CC(=O)Cl)c1ccc(Br)cc1. The molecule has 14 heavy (non-hydrogen) atoms. The van der Waals surface area contributed by atoms with E-state index >= 15 is 0 Å². The number of halogens is 2. The van der Waals surface area contributed by atoms with Gasteiger partial charge in [-0.05, 0) is 41.6 Å². The van der Waals surface area contributed by atoms with Gasteiger partial charge in [0.15, 0.2) is 0 Å². The van der Waals surface area contributed by atoms with Crippen molar-refractivity contribution in [3.8, 4) is 0 Å². The van der Waals surface area contributed by atoms with Crippen molar-refractivity contribution in [2.75, 3.05) is 0 Å². The monoisotopic (exact) mass is 274 g/mol. The third-order valence-corrected chi connectivity index (χ3v) is 2.92. The van der Waals surface area contributed by atoms with Crippen molar-refractivity contribution in [3.05, 3.63) is 34.3 Å². The lowest BCUT2D eigenvalue weighted by Crippen LogP contribution is -2.01. The maximum atomic E-state index is 10.8. The second-order valence-corrected chi connectivity index (χ2v) is 4.55. The molecule has 0 N–H and O–H groups in total. The summed E-state index contributed by atoms with van der Waals surface area (Å²) >= 11 is 8.76. The average molecular weight is 276 g/mol. The van der Waals surface area contributed by atoms with Gasteiger partial charge in [0.25, 0.3) is 0 Å². The lowest BCUT2D eigenvalue weighted by molar-refractivity contribution is -0.112. The van der Waals surface area contributed by atoms with Crippen molar-refractivity contribution < 1.29 is 4.79 Å². The molecular formula is C11H12BrClO. The van der Waals surface area contributed by atoms with Crippen LogP contribution in [0.3, 0.4) is 0 Å². The van der Waals surface area contributed by atoms with Crippen LogP contribution in [0.4, 0.5) is 0 Å². The van der Waals surface area contributed by atoms with E-state index < -0.39 is 0 Å². The minimum absolute atomic E-state index is 0.244. The highest BCUT2D eigenvalue weighted by atomic mass is 79.9. The largest absolute Gasteiger partial charge is 0.281 e. The number of hydrogen-bond acceptors (Lipinski definition) is 1. The van der Waals surface area contributed by atoms with Crippen LogP contribution in [0.2, 0.25) is 0 Å². The topological polar surface area (TPSA) is 17.1 Å². The van der Waals surface area contributed by atoms with Gasteiger partial charge in [0.2, 0.25) is 5.24 Å². The summed E-state index contributed by atoms with van der Waals surface area (Å²) < 4.78 is 1.05. The summed E-state index contributed by atoms with van der Waals surface area (Å²) in [6.45, 7) is 2.06. The number of benzene rings is 1. The van der Waals surface area contributed by atoms with Gasteiger partial charge in [0.1, 0.15) is 0 Å². The molecule has 1 aromatic carbocycles. The van der Waals surface area contributed by atoms with Crippen LogP contribution in [0.15, 0.2) is 28.7 Å². The molecule has 0 fully saturated rings. The van der Waals surface area contributed by atoms with Crippen LogP contribution in [0, 0.1) is 0 Å². The van der Waals surface area contributed by atoms with Gasteiger partial charge in [-0.1, -0.05) is 35.0 Å². The van der Waals surface area contributed by atoms with E-state index in [0.29, 0.717) is 6.42 Å². The molecule has 0 saturated carbocycles. The Labute approximate surface area is 97.6 Å². The maximum Gasteiger partial charge on any atom is 0.222 e. The lowest BCUT2D eigenvalue weighted by atomic mass is 9.94. The molecule has 0 amide bonds. The van der Waals surface area contributed by atoms with E-state index in [1.165, 1.54) is 5.56 Å². The lowest BCUT2D eigenvalue weighted by Gasteiger charge is -2.12. The molecule has 1 unspecified atom stereocenters. The van der Waals surface area contributed by atoms with Crippen molar-refractivity contribution in [2.24, 2.45) is 0 Å². The van der Waals surface area contributed by atoms with Gasteiger partial charge in [-0.3, -0.25) is 4.79 Å². The summed E-state index contributed by atoms with van der Waals surface area (Å²) in [5, 5.41) is -0.264. The smallest absolute Gasteiger partial charge is 0.222 e. The average Bonchev–Trinajstić information content (AvgIpc) is 2.15. The maximum absolute atomic E-state index is 10.8. The van der Waals surface area contributed by atoms with Crippen molar-refractivity contribution >= 4 is 32.8 Å². The van der Waals surface area contributed by atoms with Gasteiger partial charge < -0.3 is 0 Å². The molecule has 1 atom stereocenters. The fourth-order valence-electron chi connectivity index (χ4n) is 1.43. The minimum Gasteiger partial charge on any atom is -0.281 e. The predicted octanol–water partition coefficient (Wildman–Crippen LogP) is 4.10. The highest BCUT2D eigenvalue weighted by Crippen LogP contribution is 2.25. The molecule has 1 rings (SSSR count). The van der Waals surface area contributed by atoms with Crippen molar-refractivity contribution in [3.63, 3.8) is 0 Å². The molecule has 0 aliphatic rings. The fourth-order valence-corrected chi connectivity index (χ4v) is 1.88. The van der Waals surface area contributed by atoms with Crippen molar-refractivity contribution in [1.82, 2.24) is 0 Å². The molecule has 0 aliphatic carbocycles. The van der Waals surface area contributed by atoms with E-state index in [2.05, 4.69) is 22.9 Å². The van der Waals surface area contributed by atoms with E-state index in [9.17, 15) is 4.79 Å². The highest BCUT2D eigenvalue weighted by Gasteiger charge is 2.12. The Bertz CT molecular complexity index is 308. The summed E-state index contributed by atoms with van der Waals surface area (Å²) in [6, 6.07) is 8.02. The molecule has 0 bridgehead atoms. The first-order valence-electron chi connectivity index (χ1n) is 4.57. The number of carbonyl (C=O) groups is 1. The second kappa shape index (κ2) is 5.52. The van der Waals surface area contributed by atoms with Crippen LogP contribution in [0.1, 0.15) is 31.2 Å². The Kier molecular flexibility index (Phi) is 4.63. The third kappa shape index (κ3) is 3.43. The van der Waals surface area contributed by atoms with Gasteiger partial charge in [-0.25, -0.2) is 0 Å². The molecular weight excluding hydrogens is 263 g/mol. The summed E-state index contributed by atoms with van der Waals surface area (Å²) in [5.74, 6) is 0.244. The molecule has 1 aromatic rings. The summed E-state index contributed by atoms with van der Waals surface area (Å²) in [6.07, 6.45) is 1.35. The zero-order valence-corrected chi connectivity index (χ0v) is 10.3. The minimum atomic E-state index is -0.264. The quantitative estimate of drug-likeness (QED) is 0.756. The van der Waals surface area contributed by atoms with E-state index in [4.69, 9.17) is 11.6 Å². The molecule has 0 spiro atoms. The Morgan fingerprint density at radius 3 is 2.43 bits per heavy atom. The van der Waals surface area contributed by atoms with E-state index in [1.807, 2.05) is 24.3 Å². The van der Waals surface area contributed by atoms with Crippen LogP contribution < -0.4 is 0 Å². The van der Waals surface area contributed by atoms with Gasteiger partial charge in [0, 0.05) is 10.9 Å². The third-order valence-electron chi connectivity index (χ3n) is 2.24. The van der Waals surface area contributed by atoms with Crippen LogP contribution in [0.25, 0.3) is 0 Å². The first-order valence-corrected chi connectivity index (χ1v) is 5.74. The molecule has 3 heteroatoms. The summed E-state index contributed by atoms with van der Waals surface area (Å²) in [5.41, 5.74) is 1.17. The second-order valence-electron chi connectivity index (χ2n) is 3.22. The Balaban J connectivity index is 2.78. The zero-order chi connectivity index (χ0) is 10.6. The molecule has 1 nitrogen and oxygen atoms in total. The molecule has 0 saturated heterocycles. The number of hydrogen-bond donors (Lipinski definition) is 0. The normalized spacial score (nSPS) is 12.5. The van der Waals surface area contributed by atoms with Gasteiger partial charge >= 0.3 is 0 Å². The Morgan fingerprint density at radius 2 is 2.00 bits per heavy atom. The van der Waals surface area contributed by atoms with Crippen molar-refractivity contribution in [1.29, 1.82) is 0 Å². The van der Waals surface area contributed by atoms with Crippen molar-refractivity contribution in [2.45, 2.75) is 25.7 Å². The standard InChI is InChI=1S/C11H12BrClO/c1-2-8(7-11(13)14)9-3-5-10(12)6-4-9/h3-6,8H,2,7H2,1H3. The molecule has 0 radical (unpaired) electrons. The van der Waals surface area contributed by atoms with Gasteiger partial charge in [-0.2, -0.15) is 0 Å². The summed E-state index contributed by atoms with van der Waals surface area (Å²) in [7, 11) is 0. The van der Waals surface area contributed by atoms with E-state index in [-0.39, 0.29) is 11.2 Å². The Hall–Kier alpha value is -0.340. The van der Waals surface area contributed by atoms with Crippen LogP contribution in [-0.4, -0.2) is 5.24 Å². The fraction of sp³-hybridized carbons (Fsp3) is 0.364. The molecule has 0 aliphatic heterocycles. The Morgan fingerprint density at radius 1 is 1.43 bits per heavy atom. The summed E-state index contributed by atoms with van der Waals surface area (Å²) in [4.78, 5) is 10.8. The van der Waals surface area contributed by atoms with Crippen LogP contribution >= 0.6 is 27.5 Å². The van der Waals surface area contributed by atoms with Gasteiger partial charge in [0.05, 0.1) is 0 Å². The molecule has 0 aromatic heterocycles. The van der Waals surface area contributed by atoms with E-state index in [1.54, 1.807) is 0 Å². The molecule has 0 heterocycles. The highest BCUT2D eigenvalue weighted by molar-refractivity contribution is 9.10. The first-order chi connectivity index (χ1) is 6.63. The van der Waals surface area contributed by atoms with E-state index in [0.717, 1.165) is 10.9 Å². The predicted molar refractivity (Wildman–Crippen MR) is 62.7 cm³/mol. The van der Waals surface area contributed by atoms with Gasteiger partial charge in [-0.15, -0.1) is 0 Å². The first kappa shape index (κ1) is 11.7. The van der Waals surface area contributed by atoms with Crippen LogP contribution in [0.5, 0.6) is 0 Å². The number of carbonyl (C=O) groups excluding carboxylic acids is 1. The van der Waals surface area contributed by atoms with Crippen LogP contribution in [-0.2, 0) is 4.79 Å². The zero-order valence-electron chi connectivity index (χ0n) is 7.97.